The Kier molecular flexibility index (Phi) is 7.81. The number of rotatable bonds is 7. The number of halogens is 1. The molecule has 7 nitrogen and oxygen atoms in total. The third-order valence-corrected chi connectivity index (χ3v) is 5.70. The first-order valence-electron chi connectivity index (χ1n) is 9.78. The summed E-state index contributed by atoms with van der Waals surface area (Å²) in [6, 6.07) is 13.1. The Morgan fingerprint density at radius 2 is 1.84 bits per heavy atom. The number of hydrogen-bond donors (Lipinski definition) is 1. The first kappa shape index (κ1) is 23.0. The molecule has 2 amide bonds. The summed E-state index contributed by atoms with van der Waals surface area (Å²) in [7, 11) is 0. The molecule has 1 N–H and O–H groups in total. The van der Waals surface area contributed by atoms with Crippen molar-refractivity contribution in [1.29, 1.82) is 0 Å². The molecule has 0 saturated heterocycles. The molecule has 3 rings (SSSR count). The highest BCUT2D eigenvalue weighted by atomic mass is 35.5. The molecule has 2 aromatic carbocycles. The Balaban J connectivity index is 1.65. The summed E-state index contributed by atoms with van der Waals surface area (Å²) in [4.78, 5) is 23.5. The van der Waals surface area contributed by atoms with Crippen LogP contribution >= 0.6 is 23.4 Å². The summed E-state index contributed by atoms with van der Waals surface area (Å²) in [5.74, 6) is 0.946. The maximum absolute atomic E-state index is 12.1. The molecule has 1 atom stereocenters. The molecule has 0 spiro atoms. The lowest BCUT2D eigenvalue weighted by Crippen LogP contribution is -2.25. The van der Waals surface area contributed by atoms with Gasteiger partial charge in [0, 0.05) is 30.9 Å². The zero-order valence-corrected chi connectivity index (χ0v) is 19.1. The monoisotopic (exact) mass is 461 g/mol. The first-order chi connectivity index (χ1) is 14.8. The van der Waals surface area contributed by atoms with E-state index in [0.717, 1.165) is 11.3 Å². The van der Waals surface area contributed by atoms with Gasteiger partial charge in [0.15, 0.2) is 5.17 Å². The van der Waals surface area contributed by atoms with Crippen LogP contribution in [0, 0.1) is 6.92 Å². The maximum atomic E-state index is 12.1. The number of para-hydroxylation sites is 1. The smallest absolute Gasteiger partial charge is 0.241 e. The van der Waals surface area contributed by atoms with E-state index in [1.54, 1.807) is 18.2 Å². The number of amidine groups is 1. The van der Waals surface area contributed by atoms with Crippen LogP contribution in [0.2, 0.25) is 5.02 Å². The van der Waals surface area contributed by atoms with Gasteiger partial charge in [-0.2, -0.15) is 0 Å². The SMILES string of the molecule is CC(=O)NC1=NN(C(C)=O)C(c2cc(Cl)ccc2OCCCOc2ccccc2C)S1. The number of carbonyl (C=O) groups is 2. The standard InChI is InChI=1S/C22H24ClN3O4S/c1-14-7-4-5-8-19(14)29-11-6-12-30-20-10-9-17(23)13-18(20)21-26(16(3)28)25-22(31-21)24-15(2)27/h4-5,7-10,13,21H,6,11-12H2,1-3H3,(H,24,25,27). The van der Waals surface area contributed by atoms with Gasteiger partial charge in [-0.3, -0.25) is 9.59 Å². The van der Waals surface area contributed by atoms with Gasteiger partial charge in [-0.05, 0) is 36.8 Å². The van der Waals surface area contributed by atoms with Crippen LogP contribution in [0.25, 0.3) is 0 Å². The number of amides is 2. The third kappa shape index (κ3) is 6.15. The fourth-order valence-corrected chi connectivity index (χ4v) is 4.29. The number of hydrogen-bond acceptors (Lipinski definition) is 6. The fourth-order valence-electron chi connectivity index (χ4n) is 2.95. The second-order valence-corrected chi connectivity index (χ2v) is 8.42. The summed E-state index contributed by atoms with van der Waals surface area (Å²) in [5, 5.41) is 8.54. The first-order valence-corrected chi connectivity index (χ1v) is 11.0. The minimum Gasteiger partial charge on any atom is -0.493 e. The number of nitrogens with one attached hydrogen (secondary N) is 1. The largest absolute Gasteiger partial charge is 0.493 e. The molecule has 1 heterocycles. The van der Waals surface area contributed by atoms with Gasteiger partial charge in [0.05, 0.1) is 13.2 Å². The van der Waals surface area contributed by atoms with E-state index < -0.39 is 5.37 Å². The van der Waals surface area contributed by atoms with Crippen LogP contribution in [-0.4, -0.2) is 35.2 Å². The number of ether oxygens (including phenoxy) is 2. The summed E-state index contributed by atoms with van der Waals surface area (Å²) in [6.45, 7) is 5.76. The van der Waals surface area contributed by atoms with E-state index in [9.17, 15) is 9.59 Å². The third-order valence-electron chi connectivity index (χ3n) is 4.38. The lowest BCUT2D eigenvalue weighted by molar-refractivity contribution is -0.129. The maximum Gasteiger partial charge on any atom is 0.241 e. The second kappa shape index (κ2) is 10.5. The molecule has 0 aliphatic carbocycles. The number of benzene rings is 2. The Morgan fingerprint density at radius 3 is 2.52 bits per heavy atom. The highest BCUT2D eigenvalue weighted by Crippen LogP contribution is 2.43. The molecule has 164 valence electrons. The molecular weight excluding hydrogens is 438 g/mol. The topological polar surface area (TPSA) is 80.2 Å². The second-order valence-electron chi connectivity index (χ2n) is 6.92. The highest BCUT2D eigenvalue weighted by Gasteiger charge is 2.34. The highest BCUT2D eigenvalue weighted by molar-refractivity contribution is 8.14. The Bertz CT molecular complexity index is 998. The predicted molar refractivity (Wildman–Crippen MR) is 122 cm³/mol. The lowest BCUT2D eigenvalue weighted by Gasteiger charge is -2.22. The van der Waals surface area contributed by atoms with Gasteiger partial charge in [-0.15, -0.1) is 5.10 Å². The van der Waals surface area contributed by atoms with E-state index in [1.165, 1.54) is 30.6 Å². The number of hydrazone groups is 1. The minimum absolute atomic E-state index is 0.254. The van der Waals surface area contributed by atoms with Crippen molar-refractivity contribution in [1.82, 2.24) is 10.3 Å². The van der Waals surface area contributed by atoms with E-state index in [2.05, 4.69) is 10.4 Å². The number of carbonyl (C=O) groups excluding carboxylic acids is 2. The molecule has 0 aromatic heterocycles. The fraction of sp³-hybridized carbons (Fsp3) is 0.318. The van der Waals surface area contributed by atoms with Crippen molar-refractivity contribution in [3.8, 4) is 11.5 Å². The van der Waals surface area contributed by atoms with Gasteiger partial charge in [0.2, 0.25) is 11.8 Å². The van der Waals surface area contributed by atoms with Gasteiger partial charge in [-0.1, -0.05) is 41.6 Å². The van der Waals surface area contributed by atoms with Gasteiger partial charge in [0.1, 0.15) is 16.9 Å². The van der Waals surface area contributed by atoms with E-state index in [4.69, 9.17) is 21.1 Å². The van der Waals surface area contributed by atoms with Crippen LogP contribution in [0.1, 0.15) is 36.8 Å². The van der Waals surface area contributed by atoms with E-state index in [0.29, 0.717) is 41.1 Å². The van der Waals surface area contributed by atoms with Crippen molar-refractivity contribution in [2.24, 2.45) is 5.10 Å². The Morgan fingerprint density at radius 1 is 1.13 bits per heavy atom. The summed E-state index contributed by atoms with van der Waals surface area (Å²) in [5.41, 5.74) is 1.79. The summed E-state index contributed by atoms with van der Waals surface area (Å²) >= 11 is 7.47. The van der Waals surface area contributed by atoms with Crippen LogP contribution in [0.5, 0.6) is 11.5 Å². The average molecular weight is 462 g/mol. The molecule has 0 fully saturated rings. The Hall–Kier alpha value is -2.71. The quantitative estimate of drug-likeness (QED) is 0.614. The lowest BCUT2D eigenvalue weighted by atomic mass is 10.2. The molecular formula is C22H24ClN3O4S. The van der Waals surface area contributed by atoms with Gasteiger partial charge < -0.3 is 14.8 Å². The normalized spacial score (nSPS) is 15.4. The van der Waals surface area contributed by atoms with Crippen molar-refractivity contribution in [2.75, 3.05) is 13.2 Å². The van der Waals surface area contributed by atoms with Crippen molar-refractivity contribution in [3.63, 3.8) is 0 Å². The van der Waals surface area contributed by atoms with Crippen LogP contribution in [0.15, 0.2) is 47.6 Å². The molecule has 9 heteroatoms. The molecule has 1 aliphatic rings. The molecule has 1 unspecified atom stereocenters. The van der Waals surface area contributed by atoms with Crippen molar-refractivity contribution in [2.45, 2.75) is 32.6 Å². The molecule has 1 aliphatic heterocycles. The number of aryl methyl sites for hydroxylation is 1. The zero-order valence-electron chi connectivity index (χ0n) is 17.6. The summed E-state index contributed by atoms with van der Waals surface area (Å²) in [6.07, 6.45) is 0.679. The van der Waals surface area contributed by atoms with E-state index in [1.807, 2.05) is 31.2 Å². The number of nitrogens with zero attached hydrogens (tertiary/aromatic N) is 2. The van der Waals surface area contributed by atoms with Crippen LogP contribution in [-0.2, 0) is 9.59 Å². The average Bonchev–Trinajstić information content (AvgIpc) is 3.13. The molecule has 2 aromatic rings. The molecule has 0 bridgehead atoms. The van der Waals surface area contributed by atoms with Gasteiger partial charge in [-0.25, -0.2) is 5.01 Å². The van der Waals surface area contributed by atoms with Crippen LogP contribution in [0.4, 0.5) is 0 Å². The van der Waals surface area contributed by atoms with Gasteiger partial charge in [0.25, 0.3) is 0 Å². The number of thioether (sulfide) groups is 1. The zero-order chi connectivity index (χ0) is 22.4. The molecule has 0 saturated carbocycles. The van der Waals surface area contributed by atoms with Crippen molar-refractivity contribution < 1.29 is 19.1 Å². The minimum atomic E-state index is -0.490. The van der Waals surface area contributed by atoms with Gasteiger partial charge >= 0.3 is 0 Å². The van der Waals surface area contributed by atoms with Crippen LogP contribution in [0.3, 0.4) is 0 Å². The summed E-state index contributed by atoms with van der Waals surface area (Å²) < 4.78 is 11.8. The van der Waals surface area contributed by atoms with Crippen molar-refractivity contribution in [3.05, 3.63) is 58.6 Å². The van der Waals surface area contributed by atoms with Crippen LogP contribution < -0.4 is 14.8 Å². The molecule has 31 heavy (non-hydrogen) atoms. The predicted octanol–water partition coefficient (Wildman–Crippen LogP) is 4.50. The van der Waals surface area contributed by atoms with E-state index in [-0.39, 0.29) is 11.8 Å². The van der Waals surface area contributed by atoms with Crippen molar-refractivity contribution >= 4 is 40.3 Å². The molecule has 0 radical (unpaired) electrons. The van der Waals surface area contributed by atoms with E-state index >= 15 is 0 Å². The Labute approximate surface area is 190 Å².